The summed E-state index contributed by atoms with van der Waals surface area (Å²) >= 11 is 0. The molecule has 1 fully saturated rings. The predicted octanol–water partition coefficient (Wildman–Crippen LogP) is 0.321. The molecule has 162 valence electrons. The van der Waals surface area contributed by atoms with E-state index in [1.54, 1.807) is 11.9 Å². The largest absolute Gasteiger partial charge is 0.395 e. The molecule has 1 aromatic carbocycles. The number of carbonyl (C=O) groups is 2. The lowest BCUT2D eigenvalue weighted by Crippen LogP contribution is -2.40. The minimum absolute atomic E-state index is 0.0937. The Balaban J connectivity index is 1.80. The van der Waals surface area contributed by atoms with Crippen LogP contribution in [0.25, 0.3) is 5.57 Å². The monoisotopic (exact) mass is 418 g/mol. The summed E-state index contributed by atoms with van der Waals surface area (Å²) in [6.45, 7) is 4.08. The minimum Gasteiger partial charge on any atom is -0.395 e. The zero-order valence-electron chi connectivity index (χ0n) is 17.0. The van der Waals surface area contributed by atoms with Crippen LogP contribution >= 0.6 is 0 Å². The van der Waals surface area contributed by atoms with Gasteiger partial charge >= 0.3 is 0 Å². The molecule has 2 aliphatic rings. The number of rotatable bonds is 9. The van der Waals surface area contributed by atoms with E-state index in [-0.39, 0.29) is 36.7 Å². The van der Waals surface area contributed by atoms with Gasteiger partial charge in [0.25, 0.3) is 17.5 Å². The van der Waals surface area contributed by atoms with Gasteiger partial charge in [0.2, 0.25) is 0 Å². The van der Waals surface area contributed by atoms with Crippen molar-refractivity contribution < 1.29 is 24.4 Å². The molecule has 2 amide bonds. The lowest BCUT2D eigenvalue weighted by Gasteiger charge is -2.27. The van der Waals surface area contributed by atoms with Crippen molar-refractivity contribution in [2.24, 2.45) is 0 Å². The molecule has 0 radical (unpaired) electrons. The average Bonchev–Trinajstić information content (AvgIpc) is 2.99. The van der Waals surface area contributed by atoms with E-state index in [4.69, 9.17) is 4.74 Å². The highest BCUT2D eigenvalue weighted by Gasteiger charge is 2.40. The minimum atomic E-state index is -0.517. The predicted molar refractivity (Wildman–Crippen MR) is 108 cm³/mol. The number of imide groups is 1. The molecule has 0 spiro atoms. The quantitative estimate of drug-likeness (QED) is 0.346. The fourth-order valence-corrected chi connectivity index (χ4v) is 3.67. The van der Waals surface area contributed by atoms with Crippen molar-refractivity contribution in [1.82, 2.24) is 14.7 Å². The third kappa shape index (κ3) is 4.66. The molecule has 2 heterocycles. The van der Waals surface area contributed by atoms with E-state index in [0.29, 0.717) is 25.2 Å². The van der Waals surface area contributed by atoms with E-state index >= 15 is 0 Å². The maximum Gasteiger partial charge on any atom is 0.277 e. The Morgan fingerprint density at radius 3 is 2.40 bits per heavy atom. The number of nitro benzene ring substituents is 1. The van der Waals surface area contributed by atoms with Crippen molar-refractivity contribution in [2.45, 2.75) is 6.42 Å². The van der Waals surface area contributed by atoms with E-state index in [1.807, 2.05) is 0 Å². The third-order valence-electron chi connectivity index (χ3n) is 5.29. The molecular weight excluding hydrogens is 392 g/mol. The number of aliphatic hydroxyl groups excluding tert-OH is 1. The zero-order valence-corrected chi connectivity index (χ0v) is 17.0. The van der Waals surface area contributed by atoms with Crippen LogP contribution in [-0.4, -0.2) is 96.1 Å². The number of hydrogen-bond acceptors (Lipinski definition) is 8. The molecule has 10 heteroatoms. The zero-order chi connectivity index (χ0) is 21.7. The van der Waals surface area contributed by atoms with Crippen LogP contribution in [0.5, 0.6) is 0 Å². The van der Waals surface area contributed by atoms with Gasteiger partial charge in [-0.15, -0.1) is 0 Å². The normalized spacial score (nSPS) is 17.7. The first-order valence-corrected chi connectivity index (χ1v) is 9.91. The third-order valence-corrected chi connectivity index (χ3v) is 5.29. The highest BCUT2D eigenvalue weighted by Crippen LogP contribution is 2.32. The van der Waals surface area contributed by atoms with Gasteiger partial charge in [0.1, 0.15) is 5.70 Å². The van der Waals surface area contributed by atoms with Gasteiger partial charge in [0.15, 0.2) is 0 Å². The first-order chi connectivity index (χ1) is 14.4. The molecule has 3 rings (SSSR count). The summed E-state index contributed by atoms with van der Waals surface area (Å²) in [5, 5.41) is 20.2. The van der Waals surface area contributed by atoms with Gasteiger partial charge in [0.05, 0.1) is 30.3 Å². The van der Waals surface area contributed by atoms with Crippen LogP contribution in [0.1, 0.15) is 12.0 Å². The molecule has 0 aromatic heterocycles. The van der Waals surface area contributed by atoms with Gasteiger partial charge in [-0.25, -0.2) is 0 Å². The summed E-state index contributed by atoms with van der Waals surface area (Å²) in [4.78, 5) is 41.6. The summed E-state index contributed by atoms with van der Waals surface area (Å²) in [5.74, 6) is -0.832. The molecule has 0 aliphatic carbocycles. The SMILES string of the molecule is CN(CCO)C1=C(c2ccc([N+](=O)[O-])cc2)C(=O)N(CCCN2CCOCC2)C1=O. The molecule has 30 heavy (non-hydrogen) atoms. The van der Waals surface area contributed by atoms with Crippen LogP contribution in [-0.2, 0) is 14.3 Å². The summed E-state index contributed by atoms with van der Waals surface area (Å²) in [6, 6.07) is 5.57. The molecule has 2 aliphatic heterocycles. The molecule has 1 saturated heterocycles. The Hall–Kier alpha value is -2.82. The van der Waals surface area contributed by atoms with Crippen molar-refractivity contribution in [3.05, 3.63) is 45.6 Å². The van der Waals surface area contributed by atoms with Gasteiger partial charge in [0, 0.05) is 51.9 Å². The van der Waals surface area contributed by atoms with Crippen molar-refractivity contribution in [3.8, 4) is 0 Å². The number of ether oxygens (including phenoxy) is 1. The second-order valence-electron chi connectivity index (χ2n) is 7.24. The lowest BCUT2D eigenvalue weighted by molar-refractivity contribution is -0.384. The van der Waals surface area contributed by atoms with Gasteiger partial charge < -0.3 is 14.7 Å². The highest BCUT2D eigenvalue weighted by molar-refractivity contribution is 6.35. The highest BCUT2D eigenvalue weighted by atomic mass is 16.6. The van der Waals surface area contributed by atoms with Crippen molar-refractivity contribution in [2.75, 3.05) is 59.6 Å². The van der Waals surface area contributed by atoms with Gasteiger partial charge in [-0.1, -0.05) is 0 Å². The Labute approximate surface area is 174 Å². The Morgan fingerprint density at radius 1 is 1.13 bits per heavy atom. The van der Waals surface area contributed by atoms with Crippen LogP contribution < -0.4 is 0 Å². The molecule has 1 N–H and O–H groups in total. The molecular formula is C20H26N4O6. The smallest absolute Gasteiger partial charge is 0.277 e. The second kappa shape index (κ2) is 9.79. The Kier molecular flexibility index (Phi) is 7.14. The molecule has 0 bridgehead atoms. The van der Waals surface area contributed by atoms with E-state index in [9.17, 15) is 24.8 Å². The molecule has 0 saturated carbocycles. The molecule has 0 unspecified atom stereocenters. The van der Waals surface area contributed by atoms with E-state index in [0.717, 1.165) is 19.6 Å². The van der Waals surface area contributed by atoms with Crippen molar-refractivity contribution >= 4 is 23.1 Å². The number of hydrogen-bond donors (Lipinski definition) is 1. The molecule has 1 aromatic rings. The topological polar surface area (TPSA) is 116 Å². The number of aliphatic hydroxyl groups is 1. The molecule has 0 atom stereocenters. The van der Waals surface area contributed by atoms with Crippen LogP contribution in [0.4, 0.5) is 5.69 Å². The van der Waals surface area contributed by atoms with Gasteiger partial charge in [-0.3, -0.25) is 29.5 Å². The van der Waals surface area contributed by atoms with Crippen LogP contribution in [0, 0.1) is 10.1 Å². The number of nitro groups is 1. The standard InChI is InChI=1S/C20H26N4O6/c1-21(9-12-25)18-17(15-3-5-16(6-4-15)24(28)29)19(26)23(20(18)27)8-2-7-22-10-13-30-14-11-22/h3-6,25H,2,7-14H2,1H3. The number of non-ortho nitro benzene ring substituents is 1. The number of likely N-dealkylation sites (N-methyl/N-ethyl adjacent to an activating group) is 1. The first kappa shape index (κ1) is 21.9. The number of carbonyl (C=O) groups excluding carboxylic acids is 2. The maximum absolute atomic E-state index is 13.1. The van der Waals surface area contributed by atoms with E-state index < -0.39 is 16.7 Å². The van der Waals surface area contributed by atoms with Crippen LogP contribution in [0.3, 0.4) is 0 Å². The number of nitrogens with zero attached hydrogens (tertiary/aromatic N) is 4. The van der Waals surface area contributed by atoms with E-state index in [2.05, 4.69) is 4.90 Å². The maximum atomic E-state index is 13.1. The molecule has 10 nitrogen and oxygen atoms in total. The van der Waals surface area contributed by atoms with E-state index in [1.165, 1.54) is 29.2 Å². The summed E-state index contributed by atoms with van der Waals surface area (Å²) in [6.07, 6.45) is 0.641. The van der Waals surface area contributed by atoms with Crippen LogP contribution in [0.15, 0.2) is 30.0 Å². The second-order valence-corrected chi connectivity index (χ2v) is 7.24. The Bertz CT molecular complexity index is 832. The van der Waals surface area contributed by atoms with Gasteiger partial charge in [-0.2, -0.15) is 0 Å². The summed E-state index contributed by atoms with van der Waals surface area (Å²) in [5.41, 5.74) is 0.754. The average molecular weight is 418 g/mol. The number of benzene rings is 1. The fraction of sp³-hybridized carbons (Fsp3) is 0.500. The van der Waals surface area contributed by atoms with Crippen molar-refractivity contribution in [3.63, 3.8) is 0 Å². The fourth-order valence-electron chi connectivity index (χ4n) is 3.67. The van der Waals surface area contributed by atoms with Gasteiger partial charge in [-0.05, 0) is 24.1 Å². The lowest BCUT2D eigenvalue weighted by atomic mass is 10.0. The Morgan fingerprint density at radius 2 is 1.80 bits per heavy atom. The summed E-state index contributed by atoms with van der Waals surface area (Å²) in [7, 11) is 1.64. The van der Waals surface area contributed by atoms with Crippen LogP contribution in [0.2, 0.25) is 0 Å². The summed E-state index contributed by atoms with van der Waals surface area (Å²) < 4.78 is 5.33. The number of amides is 2. The van der Waals surface area contributed by atoms with Crippen molar-refractivity contribution in [1.29, 1.82) is 0 Å². The number of morpholine rings is 1. The first-order valence-electron chi connectivity index (χ1n) is 9.91.